The smallest absolute Gasteiger partial charge is 0.325 e. The Balaban J connectivity index is 2.17. The highest BCUT2D eigenvalue weighted by Crippen LogP contribution is 2.59. The van der Waals surface area contributed by atoms with Crippen LogP contribution < -0.4 is 0 Å². The number of alkyl halides is 2. The second kappa shape index (κ2) is 6.70. The summed E-state index contributed by atoms with van der Waals surface area (Å²) in [6.07, 6.45) is 0. The molecule has 0 aromatic heterocycles. The van der Waals surface area contributed by atoms with Crippen molar-refractivity contribution in [2.24, 2.45) is 0 Å². The zero-order chi connectivity index (χ0) is 18.1. The minimum Gasteiger partial charge on any atom is -0.465 e. The van der Waals surface area contributed by atoms with Gasteiger partial charge in [-0.05, 0) is 18.1 Å². The van der Waals surface area contributed by atoms with Gasteiger partial charge >= 0.3 is 5.97 Å². The van der Waals surface area contributed by atoms with E-state index < -0.39 is 21.7 Å². The predicted molar refractivity (Wildman–Crippen MR) is 96.4 cm³/mol. The molecule has 1 saturated heterocycles. The Bertz CT molecular complexity index is 738. The Labute approximate surface area is 156 Å². The molecule has 0 atom stereocenters. The van der Waals surface area contributed by atoms with Crippen LogP contribution >= 0.6 is 23.2 Å². The maximum Gasteiger partial charge on any atom is 0.325 e. The summed E-state index contributed by atoms with van der Waals surface area (Å²) in [7, 11) is 0. The number of carbonyl (C=O) groups is 2. The second-order valence-electron chi connectivity index (χ2n) is 5.71. The first-order valence-corrected chi connectivity index (χ1v) is 8.68. The third kappa shape index (κ3) is 2.60. The normalized spacial score (nSPS) is 17.7. The Hall–Kier alpha value is -2.04. The molecular formula is C19H17Cl2NO3. The lowest BCUT2D eigenvalue weighted by Crippen LogP contribution is -2.76. The number of benzene rings is 2. The van der Waals surface area contributed by atoms with E-state index >= 15 is 0 Å². The summed E-state index contributed by atoms with van der Waals surface area (Å²) in [5.41, 5.74) is 0.299. The van der Waals surface area contributed by atoms with Crippen LogP contribution in [0.2, 0.25) is 0 Å². The molecule has 130 valence electrons. The molecule has 2 aromatic rings. The first-order valence-electron chi connectivity index (χ1n) is 7.92. The third-order valence-electron chi connectivity index (χ3n) is 4.35. The van der Waals surface area contributed by atoms with Crippen molar-refractivity contribution in [1.29, 1.82) is 0 Å². The van der Waals surface area contributed by atoms with Crippen molar-refractivity contribution >= 4 is 35.1 Å². The first-order chi connectivity index (χ1) is 12.0. The van der Waals surface area contributed by atoms with Gasteiger partial charge in [0.1, 0.15) is 12.1 Å². The van der Waals surface area contributed by atoms with Crippen molar-refractivity contribution in [2.45, 2.75) is 16.8 Å². The van der Waals surface area contributed by atoms with Gasteiger partial charge in [-0.1, -0.05) is 83.9 Å². The average Bonchev–Trinajstić information content (AvgIpc) is 2.63. The lowest BCUT2D eigenvalue weighted by molar-refractivity contribution is -0.165. The van der Waals surface area contributed by atoms with Crippen LogP contribution in [0.3, 0.4) is 0 Å². The van der Waals surface area contributed by atoms with Crippen molar-refractivity contribution in [1.82, 2.24) is 4.90 Å². The molecule has 0 N–H and O–H groups in total. The molecule has 2 aromatic carbocycles. The van der Waals surface area contributed by atoms with Gasteiger partial charge in [0.05, 0.1) is 6.61 Å². The molecule has 0 aliphatic carbocycles. The zero-order valence-corrected chi connectivity index (χ0v) is 15.1. The highest BCUT2D eigenvalue weighted by Gasteiger charge is 2.72. The van der Waals surface area contributed by atoms with Gasteiger partial charge in [0.15, 0.2) is 0 Å². The Morgan fingerprint density at radius 2 is 1.48 bits per heavy atom. The van der Waals surface area contributed by atoms with Crippen molar-refractivity contribution in [3.8, 4) is 0 Å². The third-order valence-corrected chi connectivity index (χ3v) is 5.22. The molecular weight excluding hydrogens is 361 g/mol. The van der Waals surface area contributed by atoms with Crippen LogP contribution in [0.4, 0.5) is 0 Å². The van der Waals surface area contributed by atoms with Gasteiger partial charge < -0.3 is 9.64 Å². The monoisotopic (exact) mass is 377 g/mol. The fourth-order valence-corrected chi connectivity index (χ4v) is 4.16. The Kier molecular flexibility index (Phi) is 4.76. The highest BCUT2D eigenvalue weighted by molar-refractivity contribution is 6.61. The van der Waals surface area contributed by atoms with Crippen molar-refractivity contribution in [3.63, 3.8) is 0 Å². The maximum absolute atomic E-state index is 12.6. The van der Waals surface area contributed by atoms with E-state index in [9.17, 15) is 9.59 Å². The van der Waals surface area contributed by atoms with Gasteiger partial charge in [-0.2, -0.15) is 0 Å². The maximum atomic E-state index is 12.6. The summed E-state index contributed by atoms with van der Waals surface area (Å²) < 4.78 is 3.29. The number of hydrogen-bond donors (Lipinski definition) is 0. The molecule has 25 heavy (non-hydrogen) atoms. The van der Waals surface area contributed by atoms with E-state index in [4.69, 9.17) is 27.9 Å². The number of likely N-dealkylation sites (tertiary alicyclic amines) is 1. The van der Waals surface area contributed by atoms with E-state index in [2.05, 4.69) is 0 Å². The van der Waals surface area contributed by atoms with Crippen LogP contribution in [-0.4, -0.2) is 34.3 Å². The van der Waals surface area contributed by atoms with E-state index in [1.165, 1.54) is 4.90 Å². The topological polar surface area (TPSA) is 46.6 Å². The van der Waals surface area contributed by atoms with E-state index in [1.54, 1.807) is 6.92 Å². The largest absolute Gasteiger partial charge is 0.465 e. The molecule has 1 aliphatic heterocycles. The van der Waals surface area contributed by atoms with Gasteiger partial charge in [0.25, 0.3) is 5.91 Å². The molecule has 0 bridgehead atoms. The summed E-state index contributed by atoms with van der Waals surface area (Å²) in [4.78, 5) is 26.1. The lowest BCUT2D eigenvalue weighted by Gasteiger charge is -2.59. The number of carbonyl (C=O) groups excluding carboxylic acids is 2. The SMILES string of the molecule is CCOC(=O)CN1C(=O)C(Cl)(Cl)C1(c1ccccc1)c1ccccc1. The minimum absolute atomic E-state index is 0.225. The molecule has 0 unspecified atom stereocenters. The summed E-state index contributed by atoms with van der Waals surface area (Å²) in [5, 5.41) is 0. The minimum atomic E-state index is -1.72. The van der Waals surface area contributed by atoms with Crippen LogP contribution in [0, 0.1) is 0 Å². The summed E-state index contributed by atoms with van der Waals surface area (Å²) >= 11 is 13.0. The summed E-state index contributed by atoms with van der Waals surface area (Å²) in [5.74, 6) is -1.02. The van der Waals surface area contributed by atoms with E-state index in [0.29, 0.717) is 0 Å². The van der Waals surface area contributed by atoms with Crippen LogP contribution in [0.15, 0.2) is 60.7 Å². The number of hydrogen-bond acceptors (Lipinski definition) is 3. The van der Waals surface area contributed by atoms with E-state index in [1.807, 2.05) is 60.7 Å². The fourth-order valence-electron chi connectivity index (χ4n) is 3.32. The van der Waals surface area contributed by atoms with E-state index in [0.717, 1.165) is 11.1 Å². The number of rotatable bonds is 5. The lowest BCUT2D eigenvalue weighted by atomic mass is 9.71. The fraction of sp³-hybridized carbons (Fsp3) is 0.263. The van der Waals surface area contributed by atoms with Crippen molar-refractivity contribution in [2.75, 3.05) is 13.2 Å². The van der Waals surface area contributed by atoms with Crippen LogP contribution in [0.25, 0.3) is 0 Å². The molecule has 0 saturated carbocycles. The summed E-state index contributed by atoms with van der Waals surface area (Å²) in [6.45, 7) is 1.72. The number of β-lactam (4-membered cyclic amide) rings is 1. The Morgan fingerprint density at radius 1 is 1.00 bits per heavy atom. The second-order valence-corrected chi connectivity index (χ2v) is 7.04. The molecule has 4 nitrogen and oxygen atoms in total. The van der Waals surface area contributed by atoms with Gasteiger partial charge in [0, 0.05) is 0 Å². The molecule has 0 spiro atoms. The molecule has 1 fully saturated rings. The molecule has 1 amide bonds. The molecule has 1 heterocycles. The number of esters is 1. The average molecular weight is 378 g/mol. The van der Waals surface area contributed by atoms with Crippen molar-refractivity contribution < 1.29 is 14.3 Å². The van der Waals surface area contributed by atoms with Gasteiger partial charge in [-0.15, -0.1) is 0 Å². The van der Waals surface area contributed by atoms with Crippen LogP contribution in [0.5, 0.6) is 0 Å². The molecule has 0 radical (unpaired) electrons. The highest BCUT2D eigenvalue weighted by atomic mass is 35.5. The van der Waals surface area contributed by atoms with Crippen LogP contribution in [0.1, 0.15) is 18.1 Å². The first kappa shape index (κ1) is 17.8. The van der Waals surface area contributed by atoms with E-state index in [-0.39, 0.29) is 13.2 Å². The predicted octanol–water partition coefficient (Wildman–Crippen LogP) is 3.51. The molecule has 6 heteroatoms. The van der Waals surface area contributed by atoms with Gasteiger partial charge in [0.2, 0.25) is 4.33 Å². The quantitative estimate of drug-likeness (QED) is 0.455. The number of amides is 1. The number of nitrogens with zero attached hydrogens (tertiary/aromatic N) is 1. The molecule has 3 rings (SSSR count). The standard InChI is InChI=1S/C19H17Cl2NO3/c1-2-25-16(23)13-22-17(24)19(20,21)18(22,14-9-5-3-6-10-14)15-11-7-4-8-12-15/h3-12H,2,13H2,1H3. The molecule has 1 aliphatic rings. The Morgan fingerprint density at radius 3 is 1.92 bits per heavy atom. The summed E-state index contributed by atoms with van der Waals surface area (Å²) in [6, 6.07) is 18.5. The number of ether oxygens (including phenoxy) is 1. The van der Waals surface area contributed by atoms with Crippen molar-refractivity contribution in [3.05, 3.63) is 71.8 Å². The zero-order valence-electron chi connectivity index (χ0n) is 13.6. The van der Waals surface area contributed by atoms with Gasteiger partial charge in [-0.3, -0.25) is 9.59 Å². The van der Waals surface area contributed by atoms with Crippen LogP contribution in [-0.2, 0) is 19.9 Å². The number of halogens is 2. The van der Waals surface area contributed by atoms with Gasteiger partial charge in [-0.25, -0.2) is 0 Å².